The predicted octanol–water partition coefficient (Wildman–Crippen LogP) is 4.45. The molecule has 12 heteroatoms. The lowest BCUT2D eigenvalue weighted by Crippen LogP contribution is -2.43. The molecule has 1 saturated carbocycles. The van der Waals surface area contributed by atoms with Gasteiger partial charge in [0, 0.05) is 29.4 Å². The van der Waals surface area contributed by atoms with E-state index in [1.54, 1.807) is 47.0 Å². The number of benzene rings is 2. The fraction of sp³-hybridized carbons (Fsp3) is 0.357. The first kappa shape index (κ1) is 26.8. The highest BCUT2D eigenvalue weighted by atomic mass is 35.5. The Morgan fingerprint density at radius 1 is 1.00 bits per heavy atom. The summed E-state index contributed by atoms with van der Waals surface area (Å²) < 4.78 is 28.4. The average molecular weight is 599 g/mol. The molecule has 0 N–H and O–H groups in total. The molecule has 1 saturated heterocycles. The number of imidazole rings is 1. The van der Waals surface area contributed by atoms with Gasteiger partial charge in [-0.2, -0.15) is 5.26 Å². The first-order valence-corrected chi connectivity index (χ1v) is 15.6. The second kappa shape index (κ2) is 9.91. The largest absolute Gasteiger partial charge is 0.332 e. The van der Waals surface area contributed by atoms with Crippen LogP contribution in [0.1, 0.15) is 25.7 Å². The maximum absolute atomic E-state index is 14.1. The Hall–Kier alpha value is -3.39. The molecule has 2 aliphatic rings. The molecule has 0 atom stereocenters. The summed E-state index contributed by atoms with van der Waals surface area (Å²) >= 11 is 12.8. The van der Waals surface area contributed by atoms with Gasteiger partial charge < -0.3 is 0 Å². The molecule has 206 valence electrons. The smallest absolute Gasteiger partial charge is 0.286 e. The molecule has 4 aromatic rings. The molecule has 3 heterocycles. The van der Waals surface area contributed by atoms with Crippen LogP contribution >= 0.6 is 23.2 Å². The van der Waals surface area contributed by atoms with Gasteiger partial charge in [0.05, 0.1) is 28.0 Å². The Bertz CT molecular complexity index is 1900. The van der Waals surface area contributed by atoms with Crippen LogP contribution in [0.4, 0.5) is 0 Å². The summed E-state index contributed by atoms with van der Waals surface area (Å²) in [6, 6.07) is 16.3. The summed E-state index contributed by atoms with van der Waals surface area (Å²) in [5.41, 5.74) is -0.339. The third-order valence-electron chi connectivity index (χ3n) is 7.89. The third kappa shape index (κ3) is 4.76. The van der Waals surface area contributed by atoms with E-state index in [0.717, 1.165) is 4.57 Å². The van der Waals surface area contributed by atoms with E-state index >= 15 is 0 Å². The van der Waals surface area contributed by atoms with Gasteiger partial charge in [-0.15, -0.1) is 0 Å². The van der Waals surface area contributed by atoms with Gasteiger partial charge in [0.1, 0.15) is 15.7 Å². The number of nitriles is 1. The second-order valence-electron chi connectivity index (χ2n) is 10.7. The fourth-order valence-corrected chi connectivity index (χ4v) is 7.28. The minimum Gasteiger partial charge on any atom is -0.286 e. The Labute approximate surface area is 240 Å². The van der Waals surface area contributed by atoms with Gasteiger partial charge in [0.2, 0.25) is 0 Å². The molecule has 1 aliphatic heterocycles. The van der Waals surface area contributed by atoms with Crippen molar-refractivity contribution in [2.45, 2.75) is 38.8 Å². The van der Waals surface area contributed by atoms with Crippen molar-refractivity contribution >= 4 is 44.2 Å². The van der Waals surface area contributed by atoms with E-state index in [9.17, 15) is 23.3 Å². The van der Waals surface area contributed by atoms with Gasteiger partial charge in [-0.1, -0.05) is 35.3 Å². The van der Waals surface area contributed by atoms with Crippen molar-refractivity contribution in [2.24, 2.45) is 11.3 Å². The molecule has 2 aromatic carbocycles. The van der Waals surface area contributed by atoms with Gasteiger partial charge in [0.25, 0.3) is 5.56 Å². The minimum atomic E-state index is -3.10. The highest BCUT2D eigenvalue weighted by Gasteiger charge is 2.44. The summed E-state index contributed by atoms with van der Waals surface area (Å²) in [6.45, 7) is 0.174. The number of hydrogen-bond donors (Lipinski definition) is 0. The molecular formula is C28H25Cl2N5O4S. The molecule has 2 fully saturated rings. The lowest BCUT2D eigenvalue weighted by atomic mass is 10.0. The van der Waals surface area contributed by atoms with Crippen LogP contribution in [0.2, 0.25) is 10.0 Å². The summed E-state index contributed by atoms with van der Waals surface area (Å²) in [6.07, 6.45) is 2.03. The topological polar surface area (TPSA) is 120 Å². The molecule has 40 heavy (non-hydrogen) atoms. The normalized spacial score (nSPS) is 18.0. The van der Waals surface area contributed by atoms with Crippen molar-refractivity contribution in [2.75, 3.05) is 11.5 Å². The standard InChI is InChI=1S/C28H25Cl2N5O4S/c29-19-5-7-20(8-6-19)35-23-25(32-24(35)21-3-1-2-4-22(21)30)33(15-18-9-13-40(38,39)14-10-18)27(37)34(26(23)36)17-28(16-31)11-12-28/h1-8,18H,9-15,17H2. The number of hydrogen-bond acceptors (Lipinski definition) is 6. The van der Waals surface area contributed by atoms with Crippen LogP contribution in [0.25, 0.3) is 28.2 Å². The summed E-state index contributed by atoms with van der Waals surface area (Å²) in [5, 5.41) is 10.7. The summed E-state index contributed by atoms with van der Waals surface area (Å²) in [4.78, 5) is 32.9. The van der Waals surface area contributed by atoms with Gasteiger partial charge in [-0.3, -0.25) is 18.5 Å². The maximum Gasteiger partial charge on any atom is 0.332 e. The Morgan fingerprint density at radius 3 is 2.30 bits per heavy atom. The van der Waals surface area contributed by atoms with Crippen LogP contribution in [0.3, 0.4) is 0 Å². The monoisotopic (exact) mass is 597 g/mol. The van der Waals surface area contributed by atoms with Crippen LogP contribution < -0.4 is 11.2 Å². The Morgan fingerprint density at radius 2 is 1.68 bits per heavy atom. The van der Waals surface area contributed by atoms with Crippen molar-refractivity contribution in [1.82, 2.24) is 18.7 Å². The van der Waals surface area contributed by atoms with Crippen LogP contribution in [-0.4, -0.2) is 38.6 Å². The summed E-state index contributed by atoms with van der Waals surface area (Å²) in [7, 11) is -3.10. The van der Waals surface area contributed by atoms with Crippen molar-refractivity contribution in [3.05, 3.63) is 79.4 Å². The van der Waals surface area contributed by atoms with Crippen LogP contribution in [0, 0.1) is 22.7 Å². The molecule has 0 unspecified atom stereocenters. The van der Waals surface area contributed by atoms with Gasteiger partial charge in [-0.25, -0.2) is 18.2 Å². The molecule has 0 spiro atoms. The van der Waals surface area contributed by atoms with E-state index in [4.69, 9.17) is 28.2 Å². The Kier molecular flexibility index (Phi) is 6.64. The molecule has 2 aromatic heterocycles. The molecule has 0 radical (unpaired) electrons. The van der Waals surface area contributed by atoms with Gasteiger partial charge in [-0.05, 0) is 68.0 Å². The summed E-state index contributed by atoms with van der Waals surface area (Å²) in [5.74, 6) is 0.387. The van der Waals surface area contributed by atoms with Crippen LogP contribution in [0.15, 0.2) is 58.1 Å². The zero-order chi connectivity index (χ0) is 28.2. The Balaban J connectivity index is 1.65. The van der Waals surface area contributed by atoms with Gasteiger partial charge >= 0.3 is 5.69 Å². The molecule has 1 aliphatic carbocycles. The fourth-order valence-electron chi connectivity index (χ4n) is 5.35. The number of rotatable bonds is 6. The zero-order valence-electron chi connectivity index (χ0n) is 21.4. The zero-order valence-corrected chi connectivity index (χ0v) is 23.7. The minimum absolute atomic E-state index is 0.0244. The van der Waals surface area contributed by atoms with Gasteiger partial charge in [0.15, 0.2) is 11.2 Å². The number of sulfone groups is 1. The van der Waals surface area contributed by atoms with Crippen molar-refractivity contribution in [3.63, 3.8) is 0 Å². The molecule has 0 amide bonds. The highest BCUT2D eigenvalue weighted by Crippen LogP contribution is 2.46. The van der Waals surface area contributed by atoms with E-state index in [-0.39, 0.29) is 41.7 Å². The lowest BCUT2D eigenvalue weighted by molar-refractivity contribution is 0.387. The molecule has 9 nitrogen and oxygen atoms in total. The first-order chi connectivity index (χ1) is 19.1. The number of nitrogens with zero attached hydrogens (tertiary/aromatic N) is 5. The van der Waals surface area contributed by atoms with E-state index in [1.807, 2.05) is 6.07 Å². The number of fused-ring (bicyclic) bond motifs is 1. The third-order valence-corrected chi connectivity index (χ3v) is 10.2. The van der Waals surface area contributed by atoms with Crippen molar-refractivity contribution in [1.29, 1.82) is 5.26 Å². The predicted molar refractivity (Wildman–Crippen MR) is 154 cm³/mol. The highest BCUT2D eigenvalue weighted by molar-refractivity contribution is 7.91. The van der Waals surface area contributed by atoms with Crippen LogP contribution in [0.5, 0.6) is 0 Å². The maximum atomic E-state index is 14.1. The van der Waals surface area contributed by atoms with Crippen molar-refractivity contribution < 1.29 is 8.42 Å². The second-order valence-corrected chi connectivity index (χ2v) is 13.8. The molecule has 6 rings (SSSR count). The van der Waals surface area contributed by atoms with E-state index in [0.29, 0.717) is 52.8 Å². The van der Waals surface area contributed by atoms with Crippen LogP contribution in [-0.2, 0) is 22.9 Å². The SMILES string of the molecule is N#CC1(Cn2c(=O)c3c(nc(-c4ccccc4Cl)n3-c3ccc(Cl)cc3)n(CC3CCS(=O)(=O)CC3)c2=O)CC1. The first-order valence-electron chi connectivity index (χ1n) is 13.0. The van der Waals surface area contributed by atoms with E-state index in [1.165, 1.54) is 4.57 Å². The molecular weight excluding hydrogens is 573 g/mol. The quantitative estimate of drug-likeness (QED) is 0.324. The average Bonchev–Trinajstić information content (AvgIpc) is 3.61. The molecule has 0 bridgehead atoms. The lowest BCUT2D eigenvalue weighted by Gasteiger charge is -2.23. The van der Waals surface area contributed by atoms with E-state index < -0.39 is 26.5 Å². The number of halogens is 2. The number of aromatic nitrogens is 4. The van der Waals surface area contributed by atoms with E-state index in [2.05, 4.69) is 6.07 Å². The van der Waals surface area contributed by atoms with Crippen molar-refractivity contribution in [3.8, 4) is 23.1 Å².